The van der Waals surface area contributed by atoms with E-state index in [1.807, 2.05) is 24.3 Å². The molecule has 0 saturated heterocycles. The van der Waals surface area contributed by atoms with Crippen LogP contribution in [0.1, 0.15) is 5.56 Å². The Bertz CT molecular complexity index is 901. The minimum Gasteiger partial charge on any atom is -0.497 e. The van der Waals surface area contributed by atoms with E-state index < -0.39 is 11.8 Å². The summed E-state index contributed by atoms with van der Waals surface area (Å²) in [5.74, 6) is -0.980. The number of nitrogens with zero attached hydrogens (tertiary/aromatic N) is 2. The molecule has 0 atom stereocenters. The molecule has 2 amide bonds. The number of benzene rings is 2. The minimum atomic E-state index is -0.871. The van der Waals surface area contributed by atoms with Crippen molar-refractivity contribution in [2.45, 2.75) is 0 Å². The first-order valence-corrected chi connectivity index (χ1v) is 8.11. The van der Waals surface area contributed by atoms with Crippen molar-refractivity contribution < 1.29 is 14.3 Å². The number of hydrogen-bond acceptors (Lipinski definition) is 6. The molecule has 0 aliphatic rings. The molecule has 8 heteroatoms. The van der Waals surface area contributed by atoms with Crippen molar-refractivity contribution in [3.63, 3.8) is 0 Å². The molecule has 0 radical (unpaired) electrons. The monoisotopic (exact) mass is 354 g/mol. The molecule has 0 bridgehead atoms. The van der Waals surface area contributed by atoms with E-state index in [4.69, 9.17) is 4.74 Å². The fourth-order valence-electron chi connectivity index (χ4n) is 1.99. The van der Waals surface area contributed by atoms with Gasteiger partial charge in [-0.15, -0.1) is 0 Å². The number of methoxy groups -OCH3 is 1. The lowest BCUT2D eigenvalue weighted by Gasteiger charge is -2.00. The van der Waals surface area contributed by atoms with Crippen molar-refractivity contribution in [2.75, 3.05) is 12.4 Å². The van der Waals surface area contributed by atoms with Gasteiger partial charge in [-0.1, -0.05) is 23.5 Å². The Kier molecular flexibility index (Phi) is 5.00. The van der Waals surface area contributed by atoms with Crippen molar-refractivity contribution in [3.8, 4) is 5.75 Å². The molecule has 7 nitrogen and oxygen atoms in total. The highest BCUT2D eigenvalue weighted by atomic mass is 32.1. The second-order valence-corrected chi connectivity index (χ2v) is 5.94. The van der Waals surface area contributed by atoms with E-state index in [2.05, 4.69) is 20.8 Å². The number of para-hydroxylation sites is 1. The highest BCUT2D eigenvalue weighted by Gasteiger charge is 2.15. The van der Waals surface area contributed by atoms with Crippen LogP contribution in [-0.2, 0) is 9.59 Å². The number of rotatable bonds is 4. The first kappa shape index (κ1) is 16.6. The van der Waals surface area contributed by atoms with E-state index in [1.54, 1.807) is 31.4 Å². The Morgan fingerprint density at radius 3 is 2.60 bits per heavy atom. The summed E-state index contributed by atoms with van der Waals surface area (Å²) in [6, 6.07) is 14.5. The quantitative estimate of drug-likeness (QED) is 0.427. The van der Waals surface area contributed by atoms with Gasteiger partial charge in [0.05, 0.1) is 23.5 Å². The first-order valence-electron chi connectivity index (χ1n) is 7.30. The van der Waals surface area contributed by atoms with Crippen LogP contribution in [0.3, 0.4) is 0 Å². The number of fused-ring (bicyclic) bond motifs is 1. The first-order chi connectivity index (χ1) is 12.2. The van der Waals surface area contributed by atoms with Crippen molar-refractivity contribution >= 4 is 44.7 Å². The van der Waals surface area contributed by atoms with Gasteiger partial charge in [0.1, 0.15) is 5.75 Å². The van der Waals surface area contributed by atoms with Gasteiger partial charge in [-0.25, -0.2) is 10.4 Å². The Hall–Kier alpha value is -3.26. The van der Waals surface area contributed by atoms with Crippen molar-refractivity contribution in [3.05, 3.63) is 54.1 Å². The number of nitrogens with one attached hydrogen (secondary N) is 2. The van der Waals surface area contributed by atoms with E-state index in [9.17, 15) is 9.59 Å². The van der Waals surface area contributed by atoms with Gasteiger partial charge in [0.2, 0.25) is 0 Å². The third-order valence-corrected chi connectivity index (χ3v) is 4.17. The van der Waals surface area contributed by atoms with Crippen molar-refractivity contribution in [1.82, 2.24) is 10.4 Å². The maximum atomic E-state index is 11.9. The lowest BCUT2D eigenvalue weighted by molar-refractivity contribution is -0.136. The molecule has 0 saturated carbocycles. The largest absolute Gasteiger partial charge is 0.497 e. The van der Waals surface area contributed by atoms with Gasteiger partial charge < -0.3 is 4.74 Å². The summed E-state index contributed by atoms with van der Waals surface area (Å²) in [4.78, 5) is 27.9. The molecule has 2 N–H and O–H groups in total. The van der Waals surface area contributed by atoms with Gasteiger partial charge in [-0.2, -0.15) is 5.10 Å². The maximum absolute atomic E-state index is 11.9. The van der Waals surface area contributed by atoms with Crippen LogP contribution in [0.5, 0.6) is 5.75 Å². The molecule has 3 rings (SSSR count). The Morgan fingerprint density at radius 1 is 1.12 bits per heavy atom. The molecule has 1 heterocycles. The molecule has 0 fully saturated rings. The predicted molar refractivity (Wildman–Crippen MR) is 97.0 cm³/mol. The molecule has 2 aromatic carbocycles. The van der Waals surface area contributed by atoms with Crippen molar-refractivity contribution in [2.24, 2.45) is 5.10 Å². The second kappa shape index (κ2) is 7.54. The van der Waals surface area contributed by atoms with E-state index in [1.165, 1.54) is 17.6 Å². The van der Waals surface area contributed by atoms with Gasteiger partial charge >= 0.3 is 11.8 Å². The summed E-state index contributed by atoms with van der Waals surface area (Å²) in [7, 11) is 1.58. The number of hydrogen-bond donors (Lipinski definition) is 2. The van der Waals surface area contributed by atoms with Crippen LogP contribution in [0.15, 0.2) is 53.6 Å². The molecule has 0 aliphatic carbocycles. The normalized spacial score (nSPS) is 10.8. The average molecular weight is 354 g/mol. The molecule has 25 heavy (non-hydrogen) atoms. The number of anilines is 1. The number of ether oxygens (including phenoxy) is 1. The standard InChI is InChI=1S/C17H14N4O3S/c1-24-12-8-6-11(7-9-12)10-18-21-16(23)15(22)20-17-19-13-4-2-3-5-14(13)25-17/h2-10H,1H3,(H,21,23)(H,19,20,22)/b18-10+. The van der Waals surface area contributed by atoms with E-state index >= 15 is 0 Å². The maximum Gasteiger partial charge on any atom is 0.329 e. The Labute approximate surface area is 147 Å². The fraction of sp³-hybridized carbons (Fsp3) is 0.0588. The molecule has 126 valence electrons. The molecule has 3 aromatic rings. The zero-order chi connectivity index (χ0) is 17.6. The van der Waals surface area contributed by atoms with Crippen LogP contribution in [-0.4, -0.2) is 30.1 Å². The summed E-state index contributed by atoms with van der Waals surface area (Å²) in [6.07, 6.45) is 1.43. The highest BCUT2D eigenvalue weighted by Crippen LogP contribution is 2.25. The van der Waals surface area contributed by atoms with Crippen LogP contribution in [0, 0.1) is 0 Å². The summed E-state index contributed by atoms with van der Waals surface area (Å²) in [5.41, 5.74) is 3.70. The molecule has 0 unspecified atom stereocenters. The van der Waals surface area contributed by atoms with E-state index in [0.29, 0.717) is 5.13 Å². The number of amides is 2. The minimum absolute atomic E-state index is 0.362. The van der Waals surface area contributed by atoms with E-state index in [-0.39, 0.29) is 0 Å². The summed E-state index contributed by atoms with van der Waals surface area (Å²) in [6.45, 7) is 0. The number of aromatic nitrogens is 1. The van der Waals surface area contributed by atoms with Crippen LogP contribution < -0.4 is 15.5 Å². The smallest absolute Gasteiger partial charge is 0.329 e. The zero-order valence-electron chi connectivity index (χ0n) is 13.2. The van der Waals surface area contributed by atoms with Crippen LogP contribution in [0.25, 0.3) is 10.2 Å². The predicted octanol–water partition coefficient (Wildman–Crippen LogP) is 2.39. The summed E-state index contributed by atoms with van der Waals surface area (Å²) < 4.78 is 5.98. The van der Waals surface area contributed by atoms with Gasteiger partial charge in [0.15, 0.2) is 5.13 Å². The fourth-order valence-corrected chi connectivity index (χ4v) is 2.85. The van der Waals surface area contributed by atoms with Crippen molar-refractivity contribution in [1.29, 1.82) is 0 Å². The summed E-state index contributed by atoms with van der Waals surface area (Å²) >= 11 is 1.29. The number of thiazole rings is 1. The molecule has 1 aromatic heterocycles. The van der Waals surface area contributed by atoms with Crippen LogP contribution >= 0.6 is 11.3 Å². The van der Waals surface area contributed by atoms with Crippen LogP contribution in [0.4, 0.5) is 5.13 Å². The van der Waals surface area contributed by atoms with Gasteiger partial charge in [-0.05, 0) is 42.0 Å². The Balaban J connectivity index is 1.56. The number of carbonyl (C=O) groups excluding carboxylic acids is 2. The van der Waals surface area contributed by atoms with E-state index in [0.717, 1.165) is 21.5 Å². The number of carbonyl (C=O) groups is 2. The molecule has 0 aliphatic heterocycles. The highest BCUT2D eigenvalue weighted by molar-refractivity contribution is 7.22. The van der Waals surface area contributed by atoms with Crippen LogP contribution in [0.2, 0.25) is 0 Å². The zero-order valence-corrected chi connectivity index (χ0v) is 14.0. The Morgan fingerprint density at radius 2 is 1.88 bits per heavy atom. The third-order valence-electron chi connectivity index (χ3n) is 3.22. The lowest BCUT2D eigenvalue weighted by atomic mass is 10.2. The number of hydrazone groups is 1. The third kappa shape index (κ3) is 4.18. The van der Waals surface area contributed by atoms with Gasteiger partial charge in [-0.3, -0.25) is 14.9 Å². The molecule has 0 spiro atoms. The lowest BCUT2D eigenvalue weighted by Crippen LogP contribution is -2.32. The molecular weight excluding hydrogens is 340 g/mol. The average Bonchev–Trinajstić information content (AvgIpc) is 3.04. The van der Waals surface area contributed by atoms with Gasteiger partial charge in [0, 0.05) is 0 Å². The topological polar surface area (TPSA) is 92.7 Å². The summed E-state index contributed by atoms with van der Waals surface area (Å²) in [5, 5.41) is 6.58. The second-order valence-electron chi connectivity index (χ2n) is 4.91. The molecular formula is C17H14N4O3S. The SMILES string of the molecule is COc1ccc(/C=N/NC(=O)C(=O)Nc2nc3ccccc3s2)cc1. The van der Waals surface area contributed by atoms with Gasteiger partial charge in [0.25, 0.3) is 0 Å².